The van der Waals surface area contributed by atoms with Crippen LogP contribution in [-0.2, 0) is 11.3 Å². The number of rotatable bonds is 10. The lowest BCUT2D eigenvalue weighted by Crippen LogP contribution is -2.59. The van der Waals surface area contributed by atoms with Crippen LogP contribution in [0.1, 0.15) is 22.6 Å². The number of carboxylic acid groups (broad SMARTS) is 2. The molecule has 0 aliphatic carbocycles. The minimum atomic E-state index is -1.11. The van der Waals surface area contributed by atoms with E-state index in [0.717, 1.165) is 16.7 Å². The molecule has 0 bridgehead atoms. The number of ketones is 1. The Balaban J connectivity index is 1.66. The van der Waals surface area contributed by atoms with Gasteiger partial charge >= 0.3 is 12.2 Å². The zero-order chi connectivity index (χ0) is 27.8. The van der Waals surface area contributed by atoms with Gasteiger partial charge in [0.2, 0.25) is 0 Å². The number of Topliss-reactive ketones (excluding diaryl/α,β-unsaturated/α-hetero) is 1. The fraction of sp³-hybridized carbons (Fsp3) is 0.300. The van der Waals surface area contributed by atoms with E-state index in [4.69, 9.17) is 4.74 Å². The van der Waals surface area contributed by atoms with Crippen molar-refractivity contribution >= 4 is 18.0 Å². The largest absolute Gasteiger partial charge is 0.496 e. The van der Waals surface area contributed by atoms with Crippen molar-refractivity contribution in [2.75, 3.05) is 39.8 Å². The molecule has 39 heavy (non-hydrogen) atoms. The lowest BCUT2D eigenvalue weighted by Gasteiger charge is -2.41. The number of piperazine rings is 1. The minimum absolute atomic E-state index is 0.0268. The van der Waals surface area contributed by atoms with E-state index >= 15 is 0 Å². The predicted octanol–water partition coefficient (Wildman–Crippen LogP) is 4.24. The summed E-state index contributed by atoms with van der Waals surface area (Å²) >= 11 is 0. The Morgan fingerprint density at radius 3 is 2.03 bits per heavy atom. The van der Waals surface area contributed by atoms with Crippen molar-refractivity contribution < 1.29 is 29.3 Å². The number of para-hydroxylation sites is 1. The second-order valence-corrected chi connectivity index (χ2v) is 9.56. The number of carbonyl (C=O) groups excluding carboxylic acids is 1. The summed E-state index contributed by atoms with van der Waals surface area (Å²) in [7, 11) is 1.58. The molecule has 0 radical (unpaired) electrons. The summed E-state index contributed by atoms with van der Waals surface area (Å²) < 4.78 is 5.53. The number of hydrogen-bond acceptors (Lipinski definition) is 5. The van der Waals surface area contributed by atoms with Gasteiger partial charge in [-0.1, -0.05) is 78.9 Å². The van der Waals surface area contributed by atoms with Gasteiger partial charge in [0.15, 0.2) is 5.78 Å². The average Bonchev–Trinajstić information content (AvgIpc) is 2.94. The molecule has 4 rings (SSSR count). The van der Waals surface area contributed by atoms with Crippen LogP contribution in [0.15, 0.2) is 84.9 Å². The van der Waals surface area contributed by atoms with Crippen molar-refractivity contribution in [1.29, 1.82) is 0 Å². The molecular weight excluding hydrogens is 498 g/mol. The van der Waals surface area contributed by atoms with Gasteiger partial charge < -0.3 is 24.7 Å². The first-order valence-electron chi connectivity index (χ1n) is 12.8. The van der Waals surface area contributed by atoms with Crippen molar-refractivity contribution in [3.63, 3.8) is 0 Å². The molecule has 3 aromatic rings. The monoisotopic (exact) mass is 531 g/mol. The van der Waals surface area contributed by atoms with Crippen molar-refractivity contribution in [3.05, 3.63) is 102 Å². The van der Waals surface area contributed by atoms with Gasteiger partial charge in [0, 0.05) is 38.3 Å². The third kappa shape index (κ3) is 6.94. The van der Waals surface area contributed by atoms with E-state index < -0.39 is 24.1 Å². The molecule has 9 nitrogen and oxygen atoms in total. The van der Waals surface area contributed by atoms with Gasteiger partial charge in [-0.2, -0.15) is 0 Å². The first-order chi connectivity index (χ1) is 18.9. The summed E-state index contributed by atoms with van der Waals surface area (Å²) in [4.78, 5) is 42.1. The van der Waals surface area contributed by atoms with E-state index in [1.165, 1.54) is 9.80 Å². The molecule has 1 aliphatic rings. The Morgan fingerprint density at radius 2 is 1.46 bits per heavy atom. The van der Waals surface area contributed by atoms with Gasteiger partial charge in [0.25, 0.3) is 0 Å². The van der Waals surface area contributed by atoms with Crippen LogP contribution in [0, 0.1) is 0 Å². The fourth-order valence-electron chi connectivity index (χ4n) is 5.16. The number of carbonyl (C=O) groups is 3. The van der Waals surface area contributed by atoms with E-state index in [2.05, 4.69) is 0 Å². The summed E-state index contributed by atoms with van der Waals surface area (Å²) in [6.07, 6.45) is -2.20. The van der Waals surface area contributed by atoms with Crippen LogP contribution >= 0.6 is 0 Å². The molecule has 1 aliphatic heterocycles. The van der Waals surface area contributed by atoms with Crippen LogP contribution < -0.4 is 4.74 Å². The Kier molecular flexibility index (Phi) is 9.17. The lowest BCUT2D eigenvalue weighted by atomic mass is 9.87. The quantitative estimate of drug-likeness (QED) is 0.403. The van der Waals surface area contributed by atoms with Gasteiger partial charge in [-0.3, -0.25) is 9.69 Å². The highest BCUT2D eigenvalue weighted by molar-refractivity contribution is 5.90. The molecule has 2 amide bonds. The van der Waals surface area contributed by atoms with Crippen LogP contribution in [0.3, 0.4) is 0 Å². The molecule has 204 valence electrons. The smallest absolute Gasteiger partial charge is 0.407 e. The normalized spacial score (nSPS) is 15.4. The number of ether oxygens (including phenoxy) is 1. The predicted molar refractivity (Wildman–Crippen MR) is 146 cm³/mol. The maximum atomic E-state index is 14.0. The number of benzene rings is 3. The van der Waals surface area contributed by atoms with E-state index in [1.54, 1.807) is 7.11 Å². The Hall–Kier alpha value is -4.37. The highest BCUT2D eigenvalue weighted by Crippen LogP contribution is 2.27. The molecular formula is C30H33N3O6. The molecule has 9 heteroatoms. The Morgan fingerprint density at radius 1 is 0.872 bits per heavy atom. The van der Waals surface area contributed by atoms with Crippen LogP contribution in [0.5, 0.6) is 5.75 Å². The van der Waals surface area contributed by atoms with Gasteiger partial charge in [-0.05, 0) is 17.2 Å². The minimum Gasteiger partial charge on any atom is -0.496 e. The van der Waals surface area contributed by atoms with Crippen LogP contribution in [0.4, 0.5) is 9.59 Å². The van der Waals surface area contributed by atoms with Crippen molar-refractivity contribution in [3.8, 4) is 5.75 Å². The Labute approximate surface area is 227 Å². The summed E-state index contributed by atoms with van der Waals surface area (Å²) in [5, 5.41) is 19.4. The maximum absolute atomic E-state index is 14.0. The first kappa shape index (κ1) is 27.7. The molecule has 3 aromatic carbocycles. The van der Waals surface area contributed by atoms with E-state index in [-0.39, 0.29) is 38.5 Å². The molecule has 1 fully saturated rings. The van der Waals surface area contributed by atoms with E-state index in [1.807, 2.05) is 89.8 Å². The number of amides is 2. The topological polar surface area (TPSA) is 111 Å². The maximum Gasteiger partial charge on any atom is 0.407 e. The molecule has 1 heterocycles. The van der Waals surface area contributed by atoms with Crippen LogP contribution in [-0.4, -0.2) is 88.8 Å². The molecule has 1 saturated heterocycles. The summed E-state index contributed by atoms with van der Waals surface area (Å²) in [5.41, 5.74) is 2.58. The summed E-state index contributed by atoms with van der Waals surface area (Å²) in [5.74, 6) is 0.101. The standard InChI is InChI=1S/C30H33N3O6/c1-39-27-15-9-8-14-24(27)18-31(19-25-20-32(29(35)36)16-17-33(25)30(37)38)21-26(34)28(22-10-4-2-5-11-22)23-12-6-3-7-13-23/h2-15,25,28H,16-21H2,1H3,(H,35,36)(H,37,38). The first-order valence-corrected chi connectivity index (χ1v) is 12.8. The second-order valence-electron chi connectivity index (χ2n) is 9.56. The third-order valence-corrected chi connectivity index (χ3v) is 7.02. The van der Waals surface area contributed by atoms with Crippen molar-refractivity contribution in [1.82, 2.24) is 14.7 Å². The van der Waals surface area contributed by atoms with Crippen molar-refractivity contribution in [2.24, 2.45) is 0 Å². The van der Waals surface area contributed by atoms with Gasteiger partial charge in [-0.15, -0.1) is 0 Å². The zero-order valence-electron chi connectivity index (χ0n) is 21.8. The zero-order valence-corrected chi connectivity index (χ0v) is 21.8. The highest BCUT2D eigenvalue weighted by Gasteiger charge is 2.35. The molecule has 0 spiro atoms. The fourth-order valence-corrected chi connectivity index (χ4v) is 5.16. The van der Waals surface area contributed by atoms with Crippen LogP contribution in [0.2, 0.25) is 0 Å². The summed E-state index contributed by atoms with van der Waals surface area (Å²) in [6, 6.07) is 26.0. The lowest BCUT2D eigenvalue weighted by molar-refractivity contribution is -0.121. The SMILES string of the molecule is COc1ccccc1CN(CC(=O)C(c1ccccc1)c1ccccc1)CC1CN(C(=O)O)CCN1C(=O)O. The molecule has 2 N–H and O–H groups in total. The number of hydrogen-bond donors (Lipinski definition) is 2. The average molecular weight is 532 g/mol. The Bertz CT molecular complexity index is 1230. The third-order valence-electron chi connectivity index (χ3n) is 7.02. The van der Waals surface area contributed by atoms with Gasteiger partial charge in [-0.25, -0.2) is 9.59 Å². The van der Waals surface area contributed by atoms with E-state index in [0.29, 0.717) is 12.3 Å². The van der Waals surface area contributed by atoms with Crippen LogP contribution in [0.25, 0.3) is 0 Å². The molecule has 0 saturated carbocycles. The molecule has 1 unspecified atom stereocenters. The number of methoxy groups -OCH3 is 1. The summed E-state index contributed by atoms with van der Waals surface area (Å²) in [6.45, 7) is 0.731. The van der Waals surface area contributed by atoms with E-state index in [9.17, 15) is 24.6 Å². The van der Waals surface area contributed by atoms with Gasteiger partial charge in [0.05, 0.1) is 25.6 Å². The van der Waals surface area contributed by atoms with Gasteiger partial charge in [0.1, 0.15) is 5.75 Å². The molecule has 1 atom stereocenters. The second kappa shape index (κ2) is 12.9. The highest BCUT2D eigenvalue weighted by atomic mass is 16.5. The van der Waals surface area contributed by atoms with Crippen molar-refractivity contribution in [2.45, 2.75) is 18.5 Å². The number of nitrogens with zero attached hydrogens (tertiary/aromatic N) is 3. The molecule has 0 aromatic heterocycles.